The lowest BCUT2D eigenvalue weighted by molar-refractivity contribution is -0.144. The van der Waals surface area contributed by atoms with Crippen LogP contribution < -0.4 is 0 Å². The number of alkyl halides is 1. The highest BCUT2D eigenvalue weighted by molar-refractivity contribution is 14.1. The standard InChI is InChI=1S/C16H22F2N2O.C16H20F2N2.C16H21F2NO2.C5H10IO3P.C4H6BrN/c1-16(2,3)20(9-5-4-8-19)11-15(21)13-7-6-12(17)10-14(13)18;1-16(2,3)20-8-7-15(19-4)13(10-20)12-6-5-11(17)9-14(12)18;1-16(2,3)19-7-6-12(15(20)21)13(9-19)11-5-4-10(17)8-14(11)18;1-3-8-10(5(6)7)9-4-2;5-3-1-2-4-6/h6-7,10,15,21H,4-5,9,11H2,1-3H3;5-6,9,13,15H,7-8,10H2,1-3H3;4-5,8,12-13H,6-7,9H2,1-3H3,(H,20,21);3-4H2,1-2H3;1-3H2/t15-;13-,15?;12-,13+;;/m101../s1. The van der Waals surface area contributed by atoms with E-state index in [0.717, 1.165) is 49.0 Å². The van der Waals surface area contributed by atoms with E-state index >= 15 is 0 Å². The highest BCUT2D eigenvalue weighted by atomic mass is 127. The zero-order valence-electron chi connectivity index (χ0n) is 46.9. The number of nitriles is 2. The van der Waals surface area contributed by atoms with E-state index in [2.05, 4.69) is 57.4 Å². The van der Waals surface area contributed by atoms with Crippen molar-refractivity contribution in [2.45, 2.75) is 155 Å². The molecule has 0 radical (unpaired) electrons. The largest absolute Gasteiger partial charge is 0.481 e. The first-order chi connectivity index (χ1) is 36.4. The Morgan fingerprint density at radius 3 is 1.62 bits per heavy atom. The number of benzene rings is 3. The number of carbonyl (C=O) groups excluding carboxylic acids is 1. The number of unbranched alkanes of at least 4 members (excludes halogenated alkanes) is 2. The molecule has 5 rings (SSSR count). The maximum absolute atomic E-state index is 14.0. The normalized spacial score (nSPS) is 18.2. The maximum Gasteiger partial charge on any atom is 0.307 e. The summed E-state index contributed by atoms with van der Waals surface area (Å²) >= 11 is 4.89. The molecule has 0 amide bonds. The number of hydrogen-bond acceptors (Lipinski definition) is 10. The third-order valence-electron chi connectivity index (χ3n) is 12.7. The van der Waals surface area contributed by atoms with Crippen LogP contribution in [-0.2, 0) is 13.8 Å². The van der Waals surface area contributed by atoms with E-state index in [1.165, 1.54) is 30.3 Å². The number of carboxylic acid groups (broad SMARTS) is 1. The molecule has 3 aromatic rings. The minimum atomic E-state index is -1.27. The van der Waals surface area contributed by atoms with Gasteiger partial charge in [0.2, 0.25) is 6.04 Å². The number of halogens is 8. The fourth-order valence-corrected chi connectivity index (χ4v) is 10.3. The molecule has 0 aliphatic carbocycles. The Balaban J connectivity index is 0.000000514. The topological polar surface area (TPSA) is 155 Å². The second kappa shape index (κ2) is 35.9. The second-order valence-corrected chi connectivity index (χ2v) is 25.4. The first kappa shape index (κ1) is 72.3. The molecule has 0 aromatic heterocycles. The molecule has 1 unspecified atom stereocenters. The highest BCUT2D eigenvalue weighted by Crippen LogP contribution is 2.42. The molecule has 0 spiro atoms. The van der Waals surface area contributed by atoms with Crippen molar-refractivity contribution in [3.8, 4) is 12.1 Å². The molecule has 12 nitrogen and oxygen atoms in total. The van der Waals surface area contributed by atoms with Gasteiger partial charge < -0.3 is 24.1 Å². The van der Waals surface area contributed by atoms with Gasteiger partial charge in [0.05, 0.1) is 43.3 Å². The molecule has 5 atom stereocenters. The van der Waals surface area contributed by atoms with E-state index in [-0.39, 0.29) is 49.8 Å². The number of carbonyl (C=O) groups is 2. The van der Waals surface area contributed by atoms with Crippen LogP contribution in [0.3, 0.4) is 0 Å². The molecule has 0 saturated carbocycles. The predicted octanol–water partition coefficient (Wildman–Crippen LogP) is 15.1. The summed E-state index contributed by atoms with van der Waals surface area (Å²) in [5, 5.41) is 37.1. The van der Waals surface area contributed by atoms with Crippen LogP contribution in [0.2, 0.25) is 0 Å². The molecule has 2 N–H and O–H groups in total. The van der Waals surface area contributed by atoms with Crippen molar-refractivity contribution in [2.24, 2.45) is 5.92 Å². The summed E-state index contributed by atoms with van der Waals surface area (Å²) in [5.74, 6) is -6.04. The SMILES string of the molecule is CC(C)(C)N(CCCC#N)C[C@@H](O)c1ccc(F)cc1F.CC(C)(C)N1CC[C@@H](C(=O)O)[C@H](c2ccc(F)cc2F)C1.CCOP(OCC)C(=O)I.N#CCCCBr.[C-]#[N+]C1CCN(C(C)(C)C)C[C@H]1c1ccc(F)cc1F. The Morgan fingerprint density at radius 1 is 0.782 bits per heavy atom. The number of aliphatic carboxylic acids is 1. The molecule has 2 heterocycles. The molecular formula is C57H79BrF6IN6O6P. The van der Waals surface area contributed by atoms with Gasteiger partial charge >= 0.3 is 5.97 Å². The first-order valence-corrected chi connectivity index (χ1v) is 29.2. The van der Waals surface area contributed by atoms with E-state index in [0.29, 0.717) is 70.6 Å². The third kappa shape index (κ3) is 25.8. The summed E-state index contributed by atoms with van der Waals surface area (Å²) < 4.78 is 90.8. The number of piperidine rings is 2. The van der Waals surface area contributed by atoms with Gasteiger partial charge in [0.25, 0.3) is 11.9 Å². The van der Waals surface area contributed by atoms with Gasteiger partial charge in [-0.1, -0.05) is 34.1 Å². The number of aliphatic hydroxyl groups excluding tert-OH is 1. The lowest BCUT2D eigenvalue weighted by atomic mass is 9.79. The summed E-state index contributed by atoms with van der Waals surface area (Å²) in [7, 11) is -1.27. The molecule has 2 aliphatic rings. The third-order valence-corrected chi connectivity index (χ3v) is 15.7. The van der Waals surface area contributed by atoms with Crippen molar-refractivity contribution in [1.82, 2.24) is 14.7 Å². The van der Waals surface area contributed by atoms with E-state index in [9.17, 15) is 46.1 Å². The van der Waals surface area contributed by atoms with Crippen LogP contribution in [0.4, 0.5) is 31.1 Å². The molecular weight excluding hydrogens is 1220 g/mol. The molecule has 78 heavy (non-hydrogen) atoms. The zero-order chi connectivity index (χ0) is 59.6. The van der Waals surface area contributed by atoms with Crippen molar-refractivity contribution >= 4 is 56.4 Å². The summed E-state index contributed by atoms with van der Waals surface area (Å²) in [6, 6.07) is 14.1. The van der Waals surface area contributed by atoms with Crippen LogP contribution in [-0.4, -0.2) is 115 Å². The van der Waals surface area contributed by atoms with Gasteiger partial charge in [0, 0.05) is 125 Å². The van der Waals surface area contributed by atoms with Gasteiger partial charge in [-0.25, -0.2) is 32.9 Å². The monoisotopic (exact) mass is 1290 g/mol. The maximum atomic E-state index is 14.0. The van der Waals surface area contributed by atoms with Crippen molar-refractivity contribution in [1.29, 1.82) is 10.5 Å². The average Bonchev–Trinajstić information content (AvgIpc) is 3.35. The Morgan fingerprint density at radius 2 is 1.23 bits per heavy atom. The summed E-state index contributed by atoms with van der Waals surface area (Å²) in [6.07, 6.45) is 2.92. The van der Waals surface area contributed by atoms with E-state index in [4.69, 9.17) is 26.1 Å². The Kier molecular flexibility index (Phi) is 33.2. The number of nitrogens with zero attached hydrogens (tertiary/aromatic N) is 6. The van der Waals surface area contributed by atoms with Crippen LogP contribution >= 0.6 is 46.9 Å². The van der Waals surface area contributed by atoms with E-state index in [1.807, 2.05) is 66.4 Å². The molecule has 2 saturated heterocycles. The summed E-state index contributed by atoms with van der Waals surface area (Å²) in [5.41, 5.74) is 0.498. The van der Waals surface area contributed by atoms with Crippen molar-refractivity contribution in [3.05, 3.63) is 118 Å². The smallest absolute Gasteiger partial charge is 0.307 e. The van der Waals surface area contributed by atoms with Gasteiger partial charge in [0.15, 0.2) is 0 Å². The Labute approximate surface area is 482 Å². The number of likely N-dealkylation sites (tertiary alicyclic amines) is 2. The molecule has 3 aromatic carbocycles. The van der Waals surface area contributed by atoms with Gasteiger partial charge in [0.1, 0.15) is 34.9 Å². The average molecular weight is 1300 g/mol. The summed E-state index contributed by atoms with van der Waals surface area (Å²) in [4.78, 5) is 32.2. The molecule has 434 valence electrons. The van der Waals surface area contributed by atoms with Crippen LogP contribution in [0.25, 0.3) is 4.85 Å². The lowest BCUT2D eigenvalue weighted by Crippen LogP contribution is -2.50. The molecule has 21 heteroatoms. The first-order valence-electron chi connectivity index (χ1n) is 25.8. The van der Waals surface area contributed by atoms with Gasteiger partial charge in [-0.3, -0.25) is 24.3 Å². The van der Waals surface area contributed by atoms with Crippen molar-refractivity contribution < 1.29 is 55.2 Å². The highest BCUT2D eigenvalue weighted by Gasteiger charge is 2.41. The van der Waals surface area contributed by atoms with E-state index < -0.39 is 67.2 Å². The van der Waals surface area contributed by atoms with Crippen LogP contribution in [0.15, 0.2) is 54.6 Å². The Bertz CT molecular complexity index is 2440. The fraction of sp³-hybridized carbons (Fsp3) is 0.596. The zero-order valence-corrected chi connectivity index (χ0v) is 51.5. The molecule has 2 fully saturated rings. The summed E-state index contributed by atoms with van der Waals surface area (Å²) in [6.45, 7) is 34.0. The van der Waals surface area contributed by atoms with Crippen molar-refractivity contribution in [3.63, 3.8) is 0 Å². The number of β-amino-alcohol motifs (C(OH)–C–C–N with tert-alkyl or cyclic N) is 1. The van der Waals surface area contributed by atoms with Gasteiger partial charge in [-0.2, -0.15) is 10.5 Å². The molecule has 0 bridgehead atoms. The molecule has 2 aliphatic heterocycles. The van der Waals surface area contributed by atoms with Gasteiger partial charge in [-0.05, 0) is 132 Å². The fourth-order valence-electron chi connectivity index (χ4n) is 8.43. The quantitative estimate of drug-likeness (QED) is 0.0268. The van der Waals surface area contributed by atoms with Gasteiger partial charge in [-0.15, -0.1) is 0 Å². The predicted molar refractivity (Wildman–Crippen MR) is 307 cm³/mol. The minimum Gasteiger partial charge on any atom is -0.481 e. The minimum absolute atomic E-state index is 0.0121. The Hall–Kier alpha value is -3.75. The van der Waals surface area contributed by atoms with Crippen LogP contribution in [0.5, 0.6) is 0 Å². The lowest BCUT2D eigenvalue weighted by Gasteiger charge is -2.44. The number of hydrogen-bond donors (Lipinski definition) is 2. The van der Waals surface area contributed by atoms with Crippen LogP contribution in [0.1, 0.15) is 149 Å². The van der Waals surface area contributed by atoms with E-state index in [1.54, 1.807) is 22.6 Å². The second-order valence-electron chi connectivity index (χ2n) is 21.4. The van der Waals surface area contributed by atoms with Crippen LogP contribution in [0, 0.1) is 70.1 Å². The van der Waals surface area contributed by atoms with Crippen molar-refractivity contribution in [2.75, 3.05) is 57.8 Å². The number of carboxylic acids is 1. The number of aliphatic hydroxyl groups is 1. The number of rotatable bonds is 16.